The second kappa shape index (κ2) is 7.92. The summed E-state index contributed by atoms with van der Waals surface area (Å²) in [5.74, 6) is 0.501. The van der Waals surface area contributed by atoms with Crippen molar-refractivity contribution in [1.82, 2.24) is 0 Å². The molecule has 0 amide bonds. The first-order valence-corrected chi connectivity index (χ1v) is 8.03. The van der Waals surface area contributed by atoms with Gasteiger partial charge in [-0.1, -0.05) is 29.8 Å². The first-order chi connectivity index (χ1) is 11.4. The standard InChI is InChI=1S/C17H16BrNO5/c1-11(2)15-9-12(18)3-8-16(15)24-17(20)10-23-14-6-4-13(5-7-14)19(21)22/h3-9,11H,10H2,1-2H3. The van der Waals surface area contributed by atoms with Gasteiger partial charge in [0.2, 0.25) is 0 Å². The zero-order chi connectivity index (χ0) is 17.7. The second-order valence-electron chi connectivity index (χ2n) is 5.35. The summed E-state index contributed by atoms with van der Waals surface area (Å²) in [4.78, 5) is 22.0. The van der Waals surface area contributed by atoms with Crippen LogP contribution in [-0.2, 0) is 4.79 Å². The van der Waals surface area contributed by atoms with Crippen molar-refractivity contribution < 1.29 is 19.2 Å². The van der Waals surface area contributed by atoms with Crippen LogP contribution in [0.25, 0.3) is 0 Å². The molecule has 0 atom stereocenters. The van der Waals surface area contributed by atoms with Crippen molar-refractivity contribution in [3.05, 3.63) is 62.6 Å². The summed E-state index contributed by atoms with van der Waals surface area (Å²) >= 11 is 3.39. The van der Waals surface area contributed by atoms with Crippen LogP contribution in [0.15, 0.2) is 46.9 Å². The van der Waals surface area contributed by atoms with Crippen LogP contribution in [0.2, 0.25) is 0 Å². The number of rotatable bonds is 6. The number of nitro groups is 1. The Balaban J connectivity index is 1.97. The van der Waals surface area contributed by atoms with E-state index in [0.29, 0.717) is 11.5 Å². The first kappa shape index (κ1) is 17.9. The molecule has 0 aliphatic carbocycles. The van der Waals surface area contributed by atoms with Crippen molar-refractivity contribution in [2.45, 2.75) is 19.8 Å². The van der Waals surface area contributed by atoms with Crippen LogP contribution >= 0.6 is 15.9 Å². The molecule has 0 aromatic heterocycles. The molecule has 6 nitrogen and oxygen atoms in total. The zero-order valence-electron chi connectivity index (χ0n) is 13.2. The number of non-ortho nitro benzene ring substituents is 1. The number of carbonyl (C=O) groups excluding carboxylic acids is 1. The highest BCUT2D eigenvalue weighted by atomic mass is 79.9. The van der Waals surface area contributed by atoms with Crippen LogP contribution < -0.4 is 9.47 Å². The molecule has 0 saturated heterocycles. The summed E-state index contributed by atoms with van der Waals surface area (Å²) in [5, 5.41) is 10.6. The number of nitrogens with zero attached hydrogens (tertiary/aromatic N) is 1. The molecular weight excluding hydrogens is 378 g/mol. The number of carbonyl (C=O) groups is 1. The lowest BCUT2D eigenvalue weighted by atomic mass is 10.0. The lowest BCUT2D eigenvalue weighted by Crippen LogP contribution is -2.18. The highest BCUT2D eigenvalue weighted by Crippen LogP contribution is 2.29. The zero-order valence-corrected chi connectivity index (χ0v) is 14.8. The summed E-state index contributed by atoms with van der Waals surface area (Å²) in [6, 6.07) is 10.9. The van der Waals surface area contributed by atoms with Crippen molar-refractivity contribution in [1.29, 1.82) is 0 Å². The Labute approximate surface area is 147 Å². The van der Waals surface area contributed by atoms with Crippen LogP contribution in [0.4, 0.5) is 5.69 Å². The van der Waals surface area contributed by atoms with Gasteiger partial charge in [-0.25, -0.2) is 4.79 Å². The monoisotopic (exact) mass is 393 g/mol. The predicted octanol–water partition coefficient (Wildman–Crippen LogP) is 4.47. The van der Waals surface area contributed by atoms with Gasteiger partial charge in [-0.3, -0.25) is 10.1 Å². The van der Waals surface area contributed by atoms with E-state index < -0.39 is 10.9 Å². The fourth-order valence-corrected chi connectivity index (χ4v) is 2.40. The number of esters is 1. The molecule has 0 heterocycles. The summed E-state index contributed by atoms with van der Waals surface area (Å²) in [5.41, 5.74) is 0.870. The molecule has 0 unspecified atom stereocenters. The van der Waals surface area contributed by atoms with E-state index in [-0.39, 0.29) is 18.2 Å². The van der Waals surface area contributed by atoms with E-state index >= 15 is 0 Å². The molecule has 0 fully saturated rings. The normalized spacial score (nSPS) is 10.5. The first-order valence-electron chi connectivity index (χ1n) is 7.24. The molecular formula is C17H16BrNO5. The fraction of sp³-hybridized carbons (Fsp3) is 0.235. The molecule has 0 saturated carbocycles. The van der Waals surface area contributed by atoms with Crippen LogP contribution in [-0.4, -0.2) is 17.5 Å². The molecule has 0 bridgehead atoms. The Kier molecular flexibility index (Phi) is 5.92. The predicted molar refractivity (Wildman–Crippen MR) is 92.5 cm³/mol. The van der Waals surface area contributed by atoms with Gasteiger partial charge in [0.1, 0.15) is 11.5 Å². The molecule has 2 aromatic rings. The van der Waals surface area contributed by atoms with E-state index in [1.165, 1.54) is 24.3 Å². The third-order valence-corrected chi connectivity index (χ3v) is 3.72. The molecule has 0 spiro atoms. The molecule has 2 aromatic carbocycles. The maximum atomic E-state index is 12.0. The Morgan fingerprint density at radius 2 is 1.88 bits per heavy atom. The van der Waals surface area contributed by atoms with Crippen molar-refractivity contribution in [3.8, 4) is 11.5 Å². The van der Waals surface area contributed by atoms with Crippen molar-refractivity contribution in [2.24, 2.45) is 0 Å². The number of halogens is 1. The maximum Gasteiger partial charge on any atom is 0.349 e. The molecule has 0 aliphatic heterocycles. The average molecular weight is 394 g/mol. The Morgan fingerprint density at radius 3 is 2.46 bits per heavy atom. The minimum absolute atomic E-state index is 0.0404. The van der Waals surface area contributed by atoms with Gasteiger partial charge >= 0.3 is 5.97 Å². The van der Waals surface area contributed by atoms with Crippen LogP contribution in [0.5, 0.6) is 11.5 Å². The van der Waals surface area contributed by atoms with Crippen molar-refractivity contribution in [3.63, 3.8) is 0 Å². The van der Waals surface area contributed by atoms with E-state index in [9.17, 15) is 14.9 Å². The van der Waals surface area contributed by atoms with E-state index in [1.54, 1.807) is 12.1 Å². The third kappa shape index (κ3) is 4.79. The third-order valence-electron chi connectivity index (χ3n) is 3.22. The SMILES string of the molecule is CC(C)c1cc(Br)ccc1OC(=O)COc1ccc([N+](=O)[O-])cc1. The number of hydrogen-bond donors (Lipinski definition) is 0. The molecule has 2 rings (SSSR count). The highest BCUT2D eigenvalue weighted by Gasteiger charge is 2.13. The molecule has 24 heavy (non-hydrogen) atoms. The number of nitro benzene ring substituents is 1. The molecule has 126 valence electrons. The fourth-order valence-electron chi connectivity index (χ4n) is 2.02. The van der Waals surface area contributed by atoms with Gasteiger partial charge in [0.05, 0.1) is 4.92 Å². The van der Waals surface area contributed by atoms with Crippen molar-refractivity contribution >= 4 is 27.6 Å². The largest absolute Gasteiger partial charge is 0.482 e. The minimum Gasteiger partial charge on any atom is -0.482 e. The summed E-state index contributed by atoms with van der Waals surface area (Å²) in [6.07, 6.45) is 0. The van der Waals surface area contributed by atoms with E-state index in [0.717, 1.165) is 10.0 Å². The van der Waals surface area contributed by atoms with Gasteiger partial charge in [0.25, 0.3) is 5.69 Å². The summed E-state index contributed by atoms with van der Waals surface area (Å²) in [7, 11) is 0. The van der Waals surface area contributed by atoms with Gasteiger partial charge in [-0.05, 0) is 41.8 Å². The summed E-state index contributed by atoms with van der Waals surface area (Å²) < 4.78 is 11.6. The molecule has 0 radical (unpaired) electrons. The minimum atomic E-state index is -0.544. The maximum absolute atomic E-state index is 12.0. The van der Waals surface area contributed by atoms with E-state index in [4.69, 9.17) is 9.47 Å². The second-order valence-corrected chi connectivity index (χ2v) is 6.27. The van der Waals surface area contributed by atoms with Crippen molar-refractivity contribution in [2.75, 3.05) is 6.61 Å². The number of hydrogen-bond acceptors (Lipinski definition) is 5. The van der Waals surface area contributed by atoms with Crippen LogP contribution in [0.3, 0.4) is 0 Å². The quantitative estimate of drug-likeness (QED) is 0.313. The van der Waals surface area contributed by atoms with Gasteiger partial charge in [0, 0.05) is 16.6 Å². The van der Waals surface area contributed by atoms with E-state index in [1.807, 2.05) is 19.9 Å². The lowest BCUT2D eigenvalue weighted by Gasteiger charge is -2.13. The lowest BCUT2D eigenvalue weighted by molar-refractivity contribution is -0.384. The van der Waals surface area contributed by atoms with E-state index in [2.05, 4.69) is 15.9 Å². The van der Waals surface area contributed by atoms with Crippen LogP contribution in [0, 0.1) is 10.1 Å². The Morgan fingerprint density at radius 1 is 1.21 bits per heavy atom. The molecule has 0 aliphatic rings. The molecule has 7 heteroatoms. The Bertz CT molecular complexity index is 743. The number of benzene rings is 2. The summed E-state index contributed by atoms with van der Waals surface area (Å²) in [6.45, 7) is 3.73. The smallest absolute Gasteiger partial charge is 0.349 e. The Hall–Kier alpha value is -2.41. The van der Waals surface area contributed by atoms with Gasteiger partial charge in [-0.15, -0.1) is 0 Å². The van der Waals surface area contributed by atoms with Gasteiger partial charge < -0.3 is 9.47 Å². The van der Waals surface area contributed by atoms with Crippen LogP contribution in [0.1, 0.15) is 25.3 Å². The average Bonchev–Trinajstić information content (AvgIpc) is 2.54. The molecule has 0 N–H and O–H groups in total. The topological polar surface area (TPSA) is 78.7 Å². The highest BCUT2D eigenvalue weighted by molar-refractivity contribution is 9.10. The number of ether oxygens (including phenoxy) is 2. The van der Waals surface area contributed by atoms with Gasteiger partial charge in [-0.2, -0.15) is 0 Å². The van der Waals surface area contributed by atoms with Gasteiger partial charge in [0.15, 0.2) is 6.61 Å².